The molecule has 3 N–H and O–H groups in total. The molecule has 0 spiro atoms. The van der Waals surface area contributed by atoms with E-state index in [4.69, 9.17) is 5.73 Å². The van der Waals surface area contributed by atoms with Crippen LogP contribution >= 0.6 is 15.9 Å². The van der Waals surface area contributed by atoms with Crippen LogP contribution < -0.4 is 11.1 Å². The first-order chi connectivity index (χ1) is 8.45. The second kappa shape index (κ2) is 6.80. The van der Waals surface area contributed by atoms with Crippen molar-refractivity contribution in [3.05, 3.63) is 28.2 Å². The molecule has 1 aromatic carbocycles. The molecule has 0 fully saturated rings. The largest absolute Gasteiger partial charge is 0.321 e. The number of anilines is 1. The van der Waals surface area contributed by atoms with Crippen LogP contribution in [0.5, 0.6) is 0 Å². The summed E-state index contributed by atoms with van der Waals surface area (Å²) in [6, 6.07) is 1.09. The van der Waals surface area contributed by atoms with Gasteiger partial charge in [0.2, 0.25) is 5.91 Å². The monoisotopic (exact) mass is 320 g/mol. The molecule has 0 aromatic heterocycles. The topological polar surface area (TPSA) is 55.1 Å². The molecule has 0 bridgehead atoms. The molecule has 3 nitrogen and oxygen atoms in total. The van der Waals surface area contributed by atoms with Crippen LogP contribution in [0.3, 0.4) is 0 Å². The Morgan fingerprint density at radius 3 is 2.72 bits per heavy atom. The van der Waals surface area contributed by atoms with Crippen molar-refractivity contribution in [2.75, 3.05) is 5.32 Å². The zero-order chi connectivity index (χ0) is 13.7. The second-order valence-electron chi connectivity index (χ2n) is 3.98. The van der Waals surface area contributed by atoms with Crippen molar-refractivity contribution in [3.63, 3.8) is 0 Å². The average Bonchev–Trinajstić information content (AvgIpc) is 2.30. The number of unbranched alkanes of at least 4 members (excludes halogenated alkanes) is 1. The Labute approximate surface area is 113 Å². The molecule has 1 amide bonds. The summed E-state index contributed by atoms with van der Waals surface area (Å²) in [4.78, 5) is 11.7. The quantitative estimate of drug-likeness (QED) is 0.875. The first-order valence-corrected chi connectivity index (χ1v) is 6.46. The third-order valence-corrected chi connectivity index (χ3v) is 3.09. The van der Waals surface area contributed by atoms with E-state index in [0.29, 0.717) is 12.5 Å². The smallest absolute Gasteiger partial charge is 0.241 e. The number of halogens is 3. The fourth-order valence-corrected chi connectivity index (χ4v) is 1.94. The van der Waals surface area contributed by atoms with E-state index in [1.807, 2.05) is 6.92 Å². The average molecular weight is 321 g/mol. The van der Waals surface area contributed by atoms with E-state index in [1.165, 1.54) is 0 Å². The fourth-order valence-electron chi connectivity index (χ4n) is 1.43. The van der Waals surface area contributed by atoms with Gasteiger partial charge in [0.25, 0.3) is 0 Å². The maximum Gasteiger partial charge on any atom is 0.241 e. The van der Waals surface area contributed by atoms with Gasteiger partial charge in [-0.05, 0) is 28.4 Å². The number of hydrogen-bond acceptors (Lipinski definition) is 2. The molecule has 0 radical (unpaired) electrons. The van der Waals surface area contributed by atoms with Gasteiger partial charge in [0.1, 0.15) is 5.82 Å². The molecule has 0 saturated carbocycles. The Morgan fingerprint density at radius 1 is 1.50 bits per heavy atom. The first kappa shape index (κ1) is 15.0. The van der Waals surface area contributed by atoms with Gasteiger partial charge in [0, 0.05) is 10.5 Å². The van der Waals surface area contributed by atoms with Crippen LogP contribution in [0.15, 0.2) is 16.6 Å². The molecular weight excluding hydrogens is 306 g/mol. The van der Waals surface area contributed by atoms with Gasteiger partial charge in [0.15, 0.2) is 5.82 Å². The predicted molar refractivity (Wildman–Crippen MR) is 70.2 cm³/mol. The summed E-state index contributed by atoms with van der Waals surface area (Å²) < 4.78 is 26.5. The summed E-state index contributed by atoms with van der Waals surface area (Å²) >= 11 is 2.99. The van der Waals surface area contributed by atoms with Crippen LogP contribution in [0, 0.1) is 11.6 Å². The molecule has 100 valence electrons. The molecule has 0 saturated heterocycles. The highest BCUT2D eigenvalue weighted by atomic mass is 79.9. The first-order valence-electron chi connectivity index (χ1n) is 5.66. The highest BCUT2D eigenvalue weighted by Gasteiger charge is 2.17. The lowest BCUT2D eigenvalue weighted by Gasteiger charge is -2.13. The molecule has 1 aromatic rings. The minimum atomic E-state index is -0.835. The molecule has 1 unspecified atom stereocenters. The normalized spacial score (nSPS) is 12.3. The Morgan fingerprint density at radius 2 is 2.17 bits per heavy atom. The molecule has 6 heteroatoms. The Hall–Kier alpha value is -1.01. The maximum absolute atomic E-state index is 13.5. The Bertz CT molecular complexity index is 417. The zero-order valence-corrected chi connectivity index (χ0v) is 11.6. The summed E-state index contributed by atoms with van der Waals surface area (Å²) in [5, 5.41) is 2.36. The van der Waals surface area contributed by atoms with Crippen molar-refractivity contribution in [1.82, 2.24) is 0 Å². The minimum Gasteiger partial charge on any atom is -0.321 e. The lowest BCUT2D eigenvalue weighted by molar-refractivity contribution is -0.117. The molecule has 0 aliphatic rings. The number of carbonyl (C=O) groups excluding carboxylic acids is 1. The summed E-state index contributed by atoms with van der Waals surface area (Å²) in [5.74, 6) is -2.03. The summed E-state index contributed by atoms with van der Waals surface area (Å²) in [6.07, 6.45) is 2.28. The summed E-state index contributed by atoms with van der Waals surface area (Å²) in [5.41, 5.74) is 5.57. The number of amides is 1. The van der Waals surface area contributed by atoms with Crippen LogP contribution in [0.4, 0.5) is 14.5 Å². The highest BCUT2D eigenvalue weighted by Crippen LogP contribution is 2.27. The third-order valence-electron chi connectivity index (χ3n) is 2.46. The Balaban J connectivity index is 2.76. The molecule has 1 rings (SSSR count). The van der Waals surface area contributed by atoms with Crippen LogP contribution in [-0.2, 0) is 4.79 Å². The zero-order valence-electron chi connectivity index (χ0n) is 9.97. The van der Waals surface area contributed by atoms with Gasteiger partial charge in [-0.3, -0.25) is 4.79 Å². The number of benzene rings is 1. The molecular formula is C12H15BrF2N2O. The number of nitrogens with one attached hydrogen (secondary N) is 1. The number of rotatable bonds is 5. The molecule has 18 heavy (non-hydrogen) atoms. The van der Waals surface area contributed by atoms with Gasteiger partial charge >= 0.3 is 0 Å². The number of carbonyl (C=O) groups is 1. The van der Waals surface area contributed by atoms with E-state index in [1.54, 1.807) is 0 Å². The van der Waals surface area contributed by atoms with Gasteiger partial charge < -0.3 is 11.1 Å². The van der Waals surface area contributed by atoms with Crippen LogP contribution in [0.2, 0.25) is 0 Å². The van der Waals surface area contributed by atoms with Gasteiger partial charge in [0.05, 0.1) is 11.7 Å². The van der Waals surface area contributed by atoms with E-state index in [9.17, 15) is 13.6 Å². The second-order valence-corrected chi connectivity index (χ2v) is 4.84. The standard InChI is InChI=1S/C12H15BrF2N2O/c1-2-3-4-10(16)12(18)17-11-8(13)5-7(14)6-9(11)15/h5-6,10H,2-4,16H2,1H3,(H,17,18). The Kier molecular flexibility index (Phi) is 5.68. The molecule has 0 heterocycles. The van der Waals surface area contributed by atoms with Gasteiger partial charge in [-0.15, -0.1) is 0 Å². The minimum absolute atomic E-state index is 0.0895. The van der Waals surface area contributed by atoms with E-state index in [0.717, 1.165) is 18.9 Å². The van der Waals surface area contributed by atoms with Crippen molar-refractivity contribution in [1.29, 1.82) is 0 Å². The van der Waals surface area contributed by atoms with E-state index >= 15 is 0 Å². The van der Waals surface area contributed by atoms with Crippen molar-refractivity contribution in [2.24, 2.45) is 5.73 Å². The fraction of sp³-hybridized carbons (Fsp3) is 0.417. The summed E-state index contributed by atoms with van der Waals surface area (Å²) in [7, 11) is 0. The number of nitrogens with two attached hydrogens (primary N) is 1. The van der Waals surface area contributed by atoms with Crippen molar-refractivity contribution < 1.29 is 13.6 Å². The van der Waals surface area contributed by atoms with Gasteiger partial charge in [-0.25, -0.2) is 8.78 Å². The van der Waals surface area contributed by atoms with Crippen molar-refractivity contribution in [2.45, 2.75) is 32.2 Å². The van der Waals surface area contributed by atoms with Crippen LogP contribution in [-0.4, -0.2) is 11.9 Å². The SMILES string of the molecule is CCCCC(N)C(=O)Nc1c(F)cc(F)cc1Br. The predicted octanol–water partition coefficient (Wildman–Crippen LogP) is 3.18. The van der Waals surface area contributed by atoms with Crippen LogP contribution in [0.25, 0.3) is 0 Å². The lowest BCUT2D eigenvalue weighted by Crippen LogP contribution is -2.35. The third kappa shape index (κ3) is 4.03. The van der Waals surface area contributed by atoms with Crippen molar-refractivity contribution >= 4 is 27.5 Å². The highest BCUT2D eigenvalue weighted by molar-refractivity contribution is 9.10. The molecule has 1 atom stereocenters. The van der Waals surface area contributed by atoms with E-state index < -0.39 is 23.6 Å². The number of hydrogen-bond donors (Lipinski definition) is 2. The van der Waals surface area contributed by atoms with Gasteiger partial charge in [-0.2, -0.15) is 0 Å². The van der Waals surface area contributed by atoms with Crippen LogP contribution in [0.1, 0.15) is 26.2 Å². The lowest BCUT2D eigenvalue weighted by atomic mass is 10.1. The molecule has 0 aliphatic heterocycles. The molecule has 0 aliphatic carbocycles. The van der Waals surface area contributed by atoms with Gasteiger partial charge in [-0.1, -0.05) is 19.8 Å². The summed E-state index contributed by atoms with van der Waals surface area (Å²) in [6.45, 7) is 1.99. The maximum atomic E-state index is 13.5. The van der Waals surface area contributed by atoms with E-state index in [-0.39, 0.29) is 10.2 Å². The van der Waals surface area contributed by atoms with E-state index in [2.05, 4.69) is 21.2 Å². The van der Waals surface area contributed by atoms with Crippen molar-refractivity contribution in [3.8, 4) is 0 Å².